The molecular formula is C52H81N7O16. The van der Waals surface area contributed by atoms with E-state index in [9.17, 15) is 79.5 Å². The van der Waals surface area contributed by atoms with Gasteiger partial charge in [0.15, 0.2) is 6.23 Å². The summed E-state index contributed by atoms with van der Waals surface area (Å²) >= 11 is 0. The van der Waals surface area contributed by atoms with E-state index in [2.05, 4.69) is 57.8 Å². The summed E-state index contributed by atoms with van der Waals surface area (Å²) in [5.41, 5.74) is -0.0614. The van der Waals surface area contributed by atoms with Crippen LogP contribution in [0.1, 0.15) is 129 Å². The highest BCUT2D eigenvalue weighted by Gasteiger charge is 2.50. The molecule has 0 aliphatic carbocycles. The molecule has 14 N–H and O–H groups in total. The number of allylic oxidation sites excluding steroid dienone is 4. The predicted molar refractivity (Wildman–Crippen MR) is 271 cm³/mol. The summed E-state index contributed by atoms with van der Waals surface area (Å²) in [5.74, 6) is -8.97. The number of hydrogen-bond donors (Lipinski definition) is 14. The summed E-state index contributed by atoms with van der Waals surface area (Å²) in [6.07, 6.45) is 2.50. The summed E-state index contributed by atoms with van der Waals surface area (Å²) in [6, 6.07) is -6.61. The molecule has 1 aromatic rings. The zero-order valence-corrected chi connectivity index (χ0v) is 43.4. The van der Waals surface area contributed by atoms with Crippen molar-refractivity contribution in [2.45, 2.75) is 203 Å². The van der Waals surface area contributed by atoms with Crippen molar-refractivity contribution < 1.29 is 79.5 Å². The van der Waals surface area contributed by atoms with Crippen molar-refractivity contribution in [3.63, 3.8) is 0 Å². The molecule has 1 aromatic carbocycles. The molecule has 23 heteroatoms. The zero-order valence-electron chi connectivity index (χ0n) is 43.4. The van der Waals surface area contributed by atoms with Gasteiger partial charge in [-0.1, -0.05) is 82.4 Å². The van der Waals surface area contributed by atoms with Crippen LogP contribution in [0, 0.1) is 5.92 Å². The minimum Gasteiger partial charge on any atom is -0.508 e. The van der Waals surface area contributed by atoms with E-state index in [1.807, 2.05) is 0 Å². The first kappa shape index (κ1) is 62.0. The number of carbonyl (C=O) groups is 7. The van der Waals surface area contributed by atoms with Gasteiger partial charge >= 0.3 is 0 Å². The smallest absolute Gasteiger partial charge is 0.248 e. The van der Waals surface area contributed by atoms with E-state index in [0.29, 0.717) is 12.8 Å². The van der Waals surface area contributed by atoms with E-state index in [1.165, 1.54) is 38.3 Å². The topological polar surface area (TPSA) is 368 Å². The summed E-state index contributed by atoms with van der Waals surface area (Å²) < 4.78 is 0. The van der Waals surface area contributed by atoms with Gasteiger partial charge in [-0.05, 0) is 70.1 Å². The van der Waals surface area contributed by atoms with Crippen LogP contribution >= 0.6 is 0 Å². The first-order valence-corrected chi connectivity index (χ1v) is 26.2. The fourth-order valence-corrected chi connectivity index (χ4v) is 9.39. The maximum atomic E-state index is 14.3. The Labute approximate surface area is 437 Å². The van der Waals surface area contributed by atoms with Crippen LogP contribution in [0.4, 0.5) is 0 Å². The Hall–Kier alpha value is -5.53. The number of hydrogen-bond acceptors (Lipinski definition) is 16. The second-order valence-electron chi connectivity index (χ2n) is 20.1. The lowest BCUT2D eigenvalue weighted by molar-refractivity contribution is -0.148. The minimum atomic E-state index is -2.27. The lowest BCUT2D eigenvalue weighted by Crippen LogP contribution is -2.64. The number of nitrogens with zero attached hydrogens (tertiary/aromatic N) is 2. The number of aliphatic hydroxyl groups is 8. The predicted octanol–water partition coefficient (Wildman–Crippen LogP) is -1.33. The maximum absolute atomic E-state index is 14.3. The van der Waals surface area contributed by atoms with Crippen LogP contribution in [0.15, 0.2) is 48.6 Å². The molecule has 0 bridgehead atoms. The molecule has 0 aromatic heterocycles. The molecule has 3 aliphatic heterocycles. The monoisotopic (exact) mass is 1060 g/mol. The molecule has 0 saturated carbocycles. The molecular weight excluding hydrogens is 979 g/mol. The average molecular weight is 1060 g/mol. The molecule has 0 spiro atoms. The van der Waals surface area contributed by atoms with Crippen LogP contribution in [-0.2, 0) is 33.6 Å². The Morgan fingerprint density at radius 1 is 0.680 bits per heavy atom. The Bertz CT molecular complexity index is 2110. The van der Waals surface area contributed by atoms with Gasteiger partial charge in [0.2, 0.25) is 41.4 Å². The second kappa shape index (κ2) is 30.3. The van der Waals surface area contributed by atoms with Crippen LogP contribution in [0.25, 0.3) is 0 Å². The molecule has 3 heterocycles. The SMILES string of the molecule is CCCCC/C=C/C/C=C/CCCCCCCC(=O)NC1CC(O)C(O)NC(=O)[C@@H]2[C@@H](O)C(C)CN2C(=O)[C@H]([C@@H](C)O)NC(=O)[C@H](C(O)C(O)c2ccc(O)cc2)NC(=O)[C@@H]2C[C@@H](O)CN2C(=O)[C@H]([C@@H](C)O)NC1=O. The fourth-order valence-electron chi connectivity index (χ4n) is 9.39. The first-order valence-electron chi connectivity index (χ1n) is 26.2. The van der Waals surface area contributed by atoms with Crippen LogP contribution in [0.2, 0.25) is 0 Å². The number of nitrogens with one attached hydrogen (secondary N) is 5. The molecule has 420 valence electrons. The number of fused-ring (bicyclic) bond motifs is 2. The third kappa shape index (κ3) is 18.0. The summed E-state index contributed by atoms with van der Waals surface area (Å²) in [5, 5.41) is 110. The first-order chi connectivity index (χ1) is 35.6. The van der Waals surface area contributed by atoms with Crippen molar-refractivity contribution in [2.75, 3.05) is 13.1 Å². The van der Waals surface area contributed by atoms with Gasteiger partial charge < -0.3 is 82.3 Å². The standard InChI is InChI=1S/C52H81N7O16/c1-5-6-7-8-9-10-11-12-13-14-15-16-17-18-19-20-38(65)53-35-26-37(64)48(71)57-50(73)42-43(66)29(2)27-59(42)52(75)40(31(4)61)55-49(72)41(45(68)44(67)32-21-23-33(62)24-22-32)56-47(70)36-25-34(63)28-58(36)51(74)39(30(3)60)54-46(35)69/h9-10,12-13,21-24,29-31,34-37,39-45,48,60-64,66-68,71H,5-8,11,14-20,25-28H2,1-4H3,(H,53,65)(H,54,69)(H,55,72)(H,56,70)(H,57,73)/b10-9+,13-12+/t29?,30-,31-,34-,35?,36+,37?,39+,40+,41+,42+,43+,44?,45?,48?/m1/s1. The minimum absolute atomic E-state index is 0.0614. The number of carbonyl (C=O) groups excluding carboxylic acids is 7. The molecule has 3 fully saturated rings. The molecule has 75 heavy (non-hydrogen) atoms. The highest BCUT2D eigenvalue weighted by atomic mass is 16.3. The van der Waals surface area contributed by atoms with Gasteiger partial charge in [-0.2, -0.15) is 0 Å². The zero-order chi connectivity index (χ0) is 55.5. The van der Waals surface area contributed by atoms with Crippen LogP contribution < -0.4 is 26.6 Å². The van der Waals surface area contributed by atoms with Crippen LogP contribution in [-0.4, -0.2) is 189 Å². The molecule has 3 saturated heterocycles. The van der Waals surface area contributed by atoms with E-state index in [-0.39, 0.29) is 24.3 Å². The maximum Gasteiger partial charge on any atom is 0.248 e. The highest BCUT2D eigenvalue weighted by Crippen LogP contribution is 2.28. The van der Waals surface area contributed by atoms with Gasteiger partial charge in [0.1, 0.15) is 60.3 Å². The Morgan fingerprint density at radius 2 is 1.24 bits per heavy atom. The Morgan fingerprint density at radius 3 is 1.85 bits per heavy atom. The number of rotatable bonds is 20. The number of benzene rings is 1. The number of aromatic hydroxyl groups is 1. The molecule has 15 atom stereocenters. The van der Waals surface area contributed by atoms with E-state index in [4.69, 9.17) is 0 Å². The molecule has 23 nitrogen and oxygen atoms in total. The van der Waals surface area contributed by atoms with Gasteiger partial charge in [0.25, 0.3) is 0 Å². The normalized spacial score (nSPS) is 29.4. The molecule has 0 radical (unpaired) electrons. The lowest BCUT2D eigenvalue weighted by atomic mass is 9.96. The number of unbranched alkanes of at least 4 members (excludes halogenated alkanes) is 8. The van der Waals surface area contributed by atoms with Crippen LogP contribution in [0.5, 0.6) is 5.75 Å². The van der Waals surface area contributed by atoms with Crippen molar-refractivity contribution in [3.05, 3.63) is 54.1 Å². The Balaban J connectivity index is 1.62. The number of amides is 7. The lowest BCUT2D eigenvalue weighted by Gasteiger charge is -2.34. The van der Waals surface area contributed by atoms with E-state index >= 15 is 0 Å². The largest absolute Gasteiger partial charge is 0.508 e. The van der Waals surface area contributed by atoms with Crippen molar-refractivity contribution in [2.24, 2.45) is 5.92 Å². The third-order valence-electron chi connectivity index (χ3n) is 13.9. The Kier molecular flexibility index (Phi) is 25.0. The quantitative estimate of drug-likeness (QED) is 0.0531. The van der Waals surface area contributed by atoms with Crippen LogP contribution in [0.3, 0.4) is 0 Å². The second-order valence-corrected chi connectivity index (χ2v) is 20.1. The highest BCUT2D eigenvalue weighted by molar-refractivity contribution is 5.98. The fraction of sp³-hybridized carbons (Fsp3) is 0.673. The van der Waals surface area contributed by atoms with Crippen molar-refractivity contribution in [1.82, 2.24) is 36.4 Å². The van der Waals surface area contributed by atoms with Crippen molar-refractivity contribution >= 4 is 41.4 Å². The number of phenolic OH excluding ortho intramolecular Hbond substituents is 1. The van der Waals surface area contributed by atoms with Gasteiger partial charge in [0, 0.05) is 38.3 Å². The summed E-state index contributed by atoms with van der Waals surface area (Å²) in [6.45, 7) is 4.97. The van der Waals surface area contributed by atoms with E-state index in [1.54, 1.807) is 0 Å². The van der Waals surface area contributed by atoms with Crippen molar-refractivity contribution in [3.8, 4) is 5.75 Å². The average Bonchev–Trinajstić information content (AvgIpc) is 3.91. The number of phenols is 1. The molecule has 7 amide bonds. The summed E-state index contributed by atoms with van der Waals surface area (Å²) in [4.78, 5) is 100. The van der Waals surface area contributed by atoms with Gasteiger partial charge in [0.05, 0.1) is 24.4 Å². The van der Waals surface area contributed by atoms with E-state index in [0.717, 1.165) is 74.3 Å². The third-order valence-corrected chi connectivity index (χ3v) is 13.9. The van der Waals surface area contributed by atoms with Gasteiger partial charge in [-0.3, -0.25) is 33.6 Å². The molecule has 3 aliphatic rings. The molecule has 4 rings (SSSR count). The number of aliphatic hydroxyl groups excluding tert-OH is 8. The van der Waals surface area contributed by atoms with E-state index < -0.39 is 152 Å². The van der Waals surface area contributed by atoms with Gasteiger partial charge in [-0.25, -0.2) is 0 Å². The summed E-state index contributed by atoms with van der Waals surface area (Å²) in [7, 11) is 0. The molecule has 6 unspecified atom stereocenters. The van der Waals surface area contributed by atoms with Gasteiger partial charge in [-0.15, -0.1) is 0 Å². The van der Waals surface area contributed by atoms with Crippen molar-refractivity contribution in [1.29, 1.82) is 0 Å².